The van der Waals surface area contributed by atoms with Gasteiger partial charge in [0.25, 0.3) is 0 Å². The van der Waals surface area contributed by atoms with Crippen molar-refractivity contribution in [3.63, 3.8) is 0 Å². The molecule has 1 fully saturated rings. The Balaban J connectivity index is 1.83. The van der Waals surface area contributed by atoms with Gasteiger partial charge in [0.1, 0.15) is 0 Å². The fourth-order valence-electron chi connectivity index (χ4n) is 1.13. The molecule has 2 atom stereocenters. The Bertz CT molecular complexity index is 80.6. The van der Waals surface area contributed by atoms with Gasteiger partial charge in [0.05, 0.1) is 12.2 Å². The standard InChI is InChI=1S/C8H16O/c1-3-4-5-6-8-7(2)9-8/h7-8H,3-6H2,1-2H3/t7-,8?/m1/s1. The zero-order chi connectivity index (χ0) is 6.69. The molecule has 0 aromatic rings. The highest BCUT2D eigenvalue weighted by Gasteiger charge is 2.32. The summed E-state index contributed by atoms with van der Waals surface area (Å²) in [6, 6.07) is 0. The first kappa shape index (κ1) is 7.07. The molecule has 1 rings (SSSR count). The summed E-state index contributed by atoms with van der Waals surface area (Å²) in [5, 5.41) is 0. The molecule has 1 aliphatic rings. The van der Waals surface area contributed by atoms with Crippen LogP contribution in [0.3, 0.4) is 0 Å². The van der Waals surface area contributed by atoms with Crippen molar-refractivity contribution in [2.24, 2.45) is 0 Å². The molecule has 0 amide bonds. The lowest BCUT2D eigenvalue weighted by atomic mass is 10.1. The van der Waals surface area contributed by atoms with E-state index in [4.69, 9.17) is 4.74 Å². The molecule has 54 valence electrons. The van der Waals surface area contributed by atoms with E-state index in [0.29, 0.717) is 12.2 Å². The second-order valence-corrected chi connectivity index (χ2v) is 2.88. The van der Waals surface area contributed by atoms with Crippen molar-refractivity contribution in [2.45, 2.75) is 51.7 Å². The van der Waals surface area contributed by atoms with E-state index in [1.54, 1.807) is 0 Å². The van der Waals surface area contributed by atoms with Crippen LogP contribution in [0.2, 0.25) is 0 Å². The fourth-order valence-corrected chi connectivity index (χ4v) is 1.13. The Kier molecular flexibility index (Phi) is 2.52. The molecule has 0 radical (unpaired) electrons. The SMILES string of the molecule is CCCCCC1O[C@@H]1C. The number of rotatable bonds is 4. The van der Waals surface area contributed by atoms with Gasteiger partial charge in [-0.05, 0) is 13.3 Å². The molecule has 1 heterocycles. The molecule has 0 aromatic heterocycles. The molecule has 0 aliphatic carbocycles. The van der Waals surface area contributed by atoms with Gasteiger partial charge in [0.2, 0.25) is 0 Å². The number of unbranched alkanes of at least 4 members (excludes halogenated alkanes) is 2. The second kappa shape index (κ2) is 3.21. The number of hydrogen-bond donors (Lipinski definition) is 0. The van der Waals surface area contributed by atoms with Crippen LogP contribution in [0.4, 0.5) is 0 Å². The van der Waals surface area contributed by atoms with Gasteiger partial charge >= 0.3 is 0 Å². The quantitative estimate of drug-likeness (QED) is 0.418. The van der Waals surface area contributed by atoms with Crippen LogP contribution in [0.15, 0.2) is 0 Å². The number of hydrogen-bond acceptors (Lipinski definition) is 1. The van der Waals surface area contributed by atoms with Gasteiger partial charge in [-0.2, -0.15) is 0 Å². The molecule has 1 heteroatoms. The van der Waals surface area contributed by atoms with E-state index in [-0.39, 0.29) is 0 Å². The van der Waals surface area contributed by atoms with Crippen LogP contribution in [0, 0.1) is 0 Å². The topological polar surface area (TPSA) is 12.5 Å². The molecule has 0 spiro atoms. The summed E-state index contributed by atoms with van der Waals surface area (Å²) in [7, 11) is 0. The lowest BCUT2D eigenvalue weighted by Crippen LogP contribution is -1.88. The van der Waals surface area contributed by atoms with E-state index in [2.05, 4.69) is 13.8 Å². The summed E-state index contributed by atoms with van der Waals surface area (Å²) in [6.45, 7) is 4.38. The van der Waals surface area contributed by atoms with E-state index in [9.17, 15) is 0 Å². The predicted octanol–water partition coefficient (Wildman–Crippen LogP) is 2.35. The predicted molar refractivity (Wildman–Crippen MR) is 38.5 cm³/mol. The molecular weight excluding hydrogens is 112 g/mol. The normalized spacial score (nSPS) is 32.7. The van der Waals surface area contributed by atoms with Crippen LogP contribution in [-0.4, -0.2) is 12.2 Å². The summed E-state index contributed by atoms with van der Waals surface area (Å²) in [6.07, 6.45) is 6.52. The van der Waals surface area contributed by atoms with Crippen molar-refractivity contribution in [3.8, 4) is 0 Å². The Labute approximate surface area is 57.4 Å². The molecule has 1 saturated heterocycles. The smallest absolute Gasteiger partial charge is 0.0839 e. The summed E-state index contributed by atoms with van der Waals surface area (Å²) >= 11 is 0. The second-order valence-electron chi connectivity index (χ2n) is 2.88. The highest BCUT2D eigenvalue weighted by molar-refractivity contribution is 4.79. The zero-order valence-corrected chi connectivity index (χ0v) is 6.39. The molecule has 0 N–H and O–H groups in total. The Hall–Kier alpha value is -0.0400. The van der Waals surface area contributed by atoms with E-state index in [0.717, 1.165) is 0 Å². The minimum atomic E-state index is 0.571. The summed E-state index contributed by atoms with van der Waals surface area (Å²) in [4.78, 5) is 0. The van der Waals surface area contributed by atoms with Gasteiger partial charge in [-0.1, -0.05) is 26.2 Å². The molecule has 1 nitrogen and oxygen atoms in total. The Morgan fingerprint density at radius 1 is 1.33 bits per heavy atom. The first-order chi connectivity index (χ1) is 4.34. The van der Waals surface area contributed by atoms with E-state index in [1.807, 2.05) is 0 Å². The third-order valence-electron chi connectivity index (χ3n) is 1.93. The summed E-state index contributed by atoms with van der Waals surface area (Å²) < 4.78 is 5.26. The molecule has 0 bridgehead atoms. The largest absolute Gasteiger partial charge is 0.370 e. The first-order valence-electron chi connectivity index (χ1n) is 4.00. The van der Waals surface area contributed by atoms with Crippen LogP contribution in [0.1, 0.15) is 39.5 Å². The Morgan fingerprint density at radius 3 is 2.44 bits per heavy atom. The molecule has 1 aliphatic heterocycles. The van der Waals surface area contributed by atoms with Crippen LogP contribution >= 0.6 is 0 Å². The van der Waals surface area contributed by atoms with Gasteiger partial charge in [0, 0.05) is 0 Å². The van der Waals surface area contributed by atoms with Crippen molar-refractivity contribution < 1.29 is 4.74 Å². The van der Waals surface area contributed by atoms with Crippen molar-refractivity contribution in [1.82, 2.24) is 0 Å². The molecule has 0 saturated carbocycles. The summed E-state index contributed by atoms with van der Waals surface area (Å²) in [5.41, 5.74) is 0. The first-order valence-corrected chi connectivity index (χ1v) is 4.00. The van der Waals surface area contributed by atoms with Crippen LogP contribution in [0.5, 0.6) is 0 Å². The van der Waals surface area contributed by atoms with Crippen LogP contribution in [0.25, 0.3) is 0 Å². The Morgan fingerprint density at radius 2 is 2.00 bits per heavy atom. The third-order valence-corrected chi connectivity index (χ3v) is 1.93. The monoisotopic (exact) mass is 128 g/mol. The van der Waals surface area contributed by atoms with Crippen LogP contribution in [-0.2, 0) is 4.74 Å². The molecular formula is C8H16O. The van der Waals surface area contributed by atoms with Crippen molar-refractivity contribution in [3.05, 3.63) is 0 Å². The highest BCUT2D eigenvalue weighted by atomic mass is 16.6. The zero-order valence-electron chi connectivity index (χ0n) is 6.39. The molecule has 9 heavy (non-hydrogen) atoms. The average molecular weight is 128 g/mol. The molecule has 1 unspecified atom stereocenters. The maximum absolute atomic E-state index is 5.26. The van der Waals surface area contributed by atoms with Crippen LogP contribution < -0.4 is 0 Å². The molecule has 0 aromatic carbocycles. The maximum atomic E-state index is 5.26. The number of ether oxygens (including phenoxy) is 1. The lowest BCUT2D eigenvalue weighted by Gasteiger charge is -1.91. The average Bonchev–Trinajstić information content (AvgIpc) is 2.48. The minimum Gasteiger partial charge on any atom is -0.370 e. The van der Waals surface area contributed by atoms with Crippen molar-refractivity contribution in [2.75, 3.05) is 0 Å². The van der Waals surface area contributed by atoms with Crippen molar-refractivity contribution in [1.29, 1.82) is 0 Å². The van der Waals surface area contributed by atoms with E-state index in [1.165, 1.54) is 25.7 Å². The third kappa shape index (κ3) is 2.35. The fraction of sp³-hybridized carbons (Fsp3) is 1.00. The number of epoxide rings is 1. The van der Waals surface area contributed by atoms with Crippen molar-refractivity contribution >= 4 is 0 Å². The lowest BCUT2D eigenvalue weighted by molar-refractivity contribution is 0.365. The summed E-state index contributed by atoms with van der Waals surface area (Å²) in [5.74, 6) is 0. The maximum Gasteiger partial charge on any atom is 0.0839 e. The van der Waals surface area contributed by atoms with E-state index >= 15 is 0 Å². The van der Waals surface area contributed by atoms with E-state index < -0.39 is 0 Å². The van der Waals surface area contributed by atoms with Gasteiger partial charge in [-0.25, -0.2) is 0 Å². The highest BCUT2D eigenvalue weighted by Crippen LogP contribution is 2.26. The van der Waals surface area contributed by atoms with Gasteiger partial charge < -0.3 is 4.74 Å². The van der Waals surface area contributed by atoms with Gasteiger partial charge in [-0.3, -0.25) is 0 Å². The van der Waals surface area contributed by atoms with Gasteiger partial charge in [-0.15, -0.1) is 0 Å². The minimum absolute atomic E-state index is 0.571. The van der Waals surface area contributed by atoms with Gasteiger partial charge in [0.15, 0.2) is 0 Å².